The summed E-state index contributed by atoms with van der Waals surface area (Å²) in [6.07, 6.45) is 1.06. The van der Waals surface area contributed by atoms with Crippen LogP contribution in [0, 0.1) is 0 Å². The average Bonchev–Trinajstić information content (AvgIpc) is 3.30. The molecule has 12 heteroatoms. The number of carbonyl (C=O) groups excluding carboxylic acids is 1. The third-order valence-electron chi connectivity index (χ3n) is 5.24. The van der Waals surface area contributed by atoms with Crippen molar-refractivity contribution in [3.63, 3.8) is 0 Å². The highest BCUT2D eigenvalue weighted by Gasteiger charge is 2.15. The van der Waals surface area contributed by atoms with Gasteiger partial charge in [0.25, 0.3) is 0 Å². The number of methoxy groups -OCH3 is 1. The van der Waals surface area contributed by atoms with Crippen LogP contribution in [-0.2, 0) is 27.7 Å². The fourth-order valence-electron chi connectivity index (χ4n) is 3.37. The second kappa shape index (κ2) is 12.0. The first-order valence-electron chi connectivity index (χ1n) is 11.2. The molecule has 2 N–H and O–H groups in total. The van der Waals surface area contributed by atoms with E-state index in [4.69, 9.17) is 4.74 Å². The molecule has 4 rings (SSSR count). The van der Waals surface area contributed by atoms with Gasteiger partial charge in [-0.3, -0.25) is 4.79 Å². The van der Waals surface area contributed by atoms with Crippen LogP contribution in [0.5, 0.6) is 5.75 Å². The van der Waals surface area contributed by atoms with Crippen molar-refractivity contribution in [2.24, 2.45) is 0 Å². The third kappa shape index (κ3) is 6.80. The fraction of sp³-hybridized carbons (Fsp3) is 0.250. The van der Waals surface area contributed by atoms with E-state index >= 15 is 0 Å². The molecule has 0 aliphatic rings. The SMILES string of the molecule is COc1ccc(S(=O)(=O)NCCc2nnc3ccc(SCC(=O)NCCc4ccccc4)nn23)cc1. The van der Waals surface area contributed by atoms with E-state index in [-0.39, 0.29) is 29.5 Å². The van der Waals surface area contributed by atoms with Crippen LogP contribution in [0.3, 0.4) is 0 Å². The maximum atomic E-state index is 12.5. The Kier molecular flexibility index (Phi) is 8.52. The predicted molar refractivity (Wildman–Crippen MR) is 137 cm³/mol. The zero-order valence-electron chi connectivity index (χ0n) is 19.6. The van der Waals surface area contributed by atoms with Crippen LogP contribution < -0.4 is 14.8 Å². The Bertz CT molecular complexity index is 1410. The van der Waals surface area contributed by atoms with Gasteiger partial charge in [0.1, 0.15) is 10.8 Å². The number of hydrogen-bond acceptors (Lipinski definition) is 8. The number of aromatic nitrogens is 4. The molecule has 2 aromatic carbocycles. The number of thioether (sulfide) groups is 1. The lowest BCUT2D eigenvalue weighted by Gasteiger charge is -2.07. The minimum atomic E-state index is -3.68. The summed E-state index contributed by atoms with van der Waals surface area (Å²) >= 11 is 1.31. The number of nitrogens with one attached hydrogen (secondary N) is 2. The molecule has 0 aliphatic heterocycles. The van der Waals surface area contributed by atoms with Crippen LogP contribution in [0.1, 0.15) is 11.4 Å². The average molecular weight is 527 g/mol. The van der Waals surface area contributed by atoms with E-state index in [9.17, 15) is 13.2 Å². The van der Waals surface area contributed by atoms with Crippen LogP contribution in [-0.4, -0.2) is 60.1 Å². The third-order valence-corrected chi connectivity index (χ3v) is 7.64. The molecule has 0 bridgehead atoms. The lowest BCUT2D eigenvalue weighted by Crippen LogP contribution is -2.27. The molecule has 0 unspecified atom stereocenters. The van der Waals surface area contributed by atoms with Gasteiger partial charge in [-0.2, -0.15) is 9.61 Å². The summed E-state index contributed by atoms with van der Waals surface area (Å²) in [4.78, 5) is 12.4. The molecule has 36 heavy (non-hydrogen) atoms. The summed E-state index contributed by atoms with van der Waals surface area (Å²) in [5.41, 5.74) is 1.71. The smallest absolute Gasteiger partial charge is 0.240 e. The molecule has 10 nitrogen and oxygen atoms in total. The number of ether oxygens (including phenoxy) is 1. The highest BCUT2D eigenvalue weighted by molar-refractivity contribution is 7.99. The van der Waals surface area contributed by atoms with Crippen molar-refractivity contribution in [3.8, 4) is 5.75 Å². The van der Waals surface area contributed by atoms with Crippen LogP contribution >= 0.6 is 11.8 Å². The molecular weight excluding hydrogens is 500 g/mol. The van der Waals surface area contributed by atoms with Gasteiger partial charge in [-0.15, -0.1) is 10.2 Å². The Morgan fingerprint density at radius 2 is 1.75 bits per heavy atom. The van der Waals surface area contributed by atoms with Gasteiger partial charge in [-0.25, -0.2) is 13.1 Å². The van der Waals surface area contributed by atoms with Crippen LogP contribution in [0.2, 0.25) is 0 Å². The molecule has 0 atom stereocenters. The second-order valence-electron chi connectivity index (χ2n) is 7.76. The Labute approximate surface area is 213 Å². The lowest BCUT2D eigenvalue weighted by atomic mass is 10.1. The van der Waals surface area contributed by atoms with Crippen molar-refractivity contribution in [2.75, 3.05) is 26.0 Å². The van der Waals surface area contributed by atoms with Gasteiger partial charge in [0, 0.05) is 19.5 Å². The van der Waals surface area contributed by atoms with Crippen molar-refractivity contribution >= 4 is 33.3 Å². The predicted octanol–water partition coefficient (Wildman–Crippen LogP) is 2.10. The van der Waals surface area contributed by atoms with Crippen molar-refractivity contribution in [3.05, 3.63) is 78.1 Å². The minimum Gasteiger partial charge on any atom is -0.497 e. The summed E-state index contributed by atoms with van der Waals surface area (Å²) in [7, 11) is -2.16. The molecule has 1 amide bonds. The standard InChI is InChI=1S/C24H26N6O4S2/c1-34-19-7-9-20(10-8-19)36(32,33)26-16-14-22-28-27-21-11-12-24(29-30(21)22)35-17-23(31)25-15-13-18-5-3-2-4-6-18/h2-12,26H,13-17H2,1H3,(H,25,31). The van der Waals surface area contributed by atoms with Gasteiger partial charge >= 0.3 is 0 Å². The molecule has 4 aromatic rings. The quantitative estimate of drug-likeness (QED) is 0.269. The zero-order valence-corrected chi connectivity index (χ0v) is 21.3. The first kappa shape index (κ1) is 25.6. The minimum absolute atomic E-state index is 0.0743. The molecule has 0 aliphatic carbocycles. The lowest BCUT2D eigenvalue weighted by molar-refractivity contribution is -0.118. The number of rotatable bonds is 12. The first-order chi connectivity index (χ1) is 17.4. The zero-order chi connectivity index (χ0) is 25.4. The van der Waals surface area contributed by atoms with E-state index in [1.54, 1.807) is 28.8 Å². The Hall–Kier alpha value is -3.48. The summed E-state index contributed by atoms with van der Waals surface area (Å²) < 4.78 is 34.3. The maximum Gasteiger partial charge on any atom is 0.240 e. The molecule has 0 saturated heterocycles. The molecular formula is C24H26N6O4S2. The number of amides is 1. The molecule has 0 spiro atoms. The van der Waals surface area contributed by atoms with Gasteiger partial charge in [0.05, 0.1) is 17.8 Å². The molecule has 0 fully saturated rings. The summed E-state index contributed by atoms with van der Waals surface area (Å²) in [5, 5.41) is 16.3. The highest BCUT2D eigenvalue weighted by atomic mass is 32.2. The molecule has 0 radical (unpaired) electrons. The van der Waals surface area contributed by atoms with Crippen LogP contribution in [0.25, 0.3) is 5.65 Å². The summed E-state index contributed by atoms with van der Waals surface area (Å²) in [6, 6.07) is 19.7. The molecule has 0 saturated carbocycles. The van der Waals surface area contributed by atoms with Gasteiger partial charge < -0.3 is 10.1 Å². The topological polar surface area (TPSA) is 128 Å². The van der Waals surface area contributed by atoms with E-state index in [1.807, 2.05) is 30.3 Å². The summed E-state index contributed by atoms with van der Waals surface area (Å²) in [6.45, 7) is 0.690. The van der Waals surface area contributed by atoms with Gasteiger partial charge in [0.15, 0.2) is 11.5 Å². The second-order valence-corrected chi connectivity index (χ2v) is 10.5. The number of sulfonamides is 1. The van der Waals surface area contributed by atoms with Crippen LogP contribution in [0.15, 0.2) is 76.7 Å². The number of carbonyl (C=O) groups is 1. The van der Waals surface area contributed by atoms with E-state index in [0.29, 0.717) is 28.8 Å². The van der Waals surface area contributed by atoms with Crippen molar-refractivity contribution < 1.29 is 17.9 Å². The normalized spacial score (nSPS) is 11.5. The van der Waals surface area contributed by atoms with Crippen molar-refractivity contribution in [1.29, 1.82) is 0 Å². The Balaban J connectivity index is 1.29. The van der Waals surface area contributed by atoms with E-state index in [2.05, 4.69) is 25.3 Å². The van der Waals surface area contributed by atoms with Crippen LogP contribution in [0.4, 0.5) is 0 Å². The van der Waals surface area contributed by atoms with Crippen molar-refractivity contribution in [2.45, 2.75) is 22.8 Å². The first-order valence-corrected chi connectivity index (χ1v) is 13.7. The molecule has 2 heterocycles. The monoisotopic (exact) mass is 526 g/mol. The molecule has 188 valence electrons. The number of fused-ring (bicyclic) bond motifs is 1. The number of hydrogen-bond donors (Lipinski definition) is 2. The van der Waals surface area contributed by atoms with Gasteiger partial charge in [0.2, 0.25) is 15.9 Å². The Morgan fingerprint density at radius 3 is 2.50 bits per heavy atom. The number of nitrogens with zero attached hydrogens (tertiary/aromatic N) is 4. The van der Waals surface area contributed by atoms with E-state index < -0.39 is 10.0 Å². The summed E-state index contributed by atoms with van der Waals surface area (Å²) in [5.74, 6) is 1.24. The number of benzene rings is 2. The van der Waals surface area contributed by atoms with E-state index in [0.717, 1.165) is 6.42 Å². The Morgan fingerprint density at radius 1 is 0.972 bits per heavy atom. The molecule has 2 aromatic heterocycles. The van der Waals surface area contributed by atoms with Crippen molar-refractivity contribution in [1.82, 2.24) is 29.9 Å². The fourth-order valence-corrected chi connectivity index (χ4v) is 5.08. The largest absolute Gasteiger partial charge is 0.497 e. The van der Waals surface area contributed by atoms with E-state index in [1.165, 1.54) is 36.6 Å². The highest BCUT2D eigenvalue weighted by Crippen LogP contribution is 2.17. The maximum absolute atomic E-state index is 12.5. The van der Waals surface area contributed by atoms with Gasteiger partial charge in [-0.1, -0.05) is 42.1 Å². The van der Waals surface area contributed by atoms with Gasteiger partial charge in [-0.05, 0) is 48.4 Å².